The molecule has 0 aromatic carbocycles. The highest BCUT2D eigenvalue weighted by Crippen LogP contribution is 2.70. The number of aromatic nitrogens is 6. The van der Waals surface area contributed by atoms with E-state index in [4.69, 9.17) is 8.85 Å². The van der Waals surface area contributed by atoms with Gasteiger partial charge in [0.05, 0.1) is 18.4 Å². The normalized spacial score (nSPS) is 19.1. The molecule has 12 nitrogen and oxygen atoms in total. The number of ether oxygens (including phenoxy) is 1. The minimum atomic E-state index is -2.74. The predicted octanol–water partition coefficient (Wildman–Crippen LogP) is 1.52. The molecule has 5 rings (SSSR count). The van der Waals surface area contributed by atoms with E-state index in [1.54, 1.807) is 13.1 Å². The van der Waals surface area contributed by atoms with E-state index >= 15 is 0 Å². The number of anilines is 3. The molecule has 3 heterocycles. The fourth-order valence-corrected chi connectivity index (χ4v) is 3.93. The van der Waals surface area contributed by atoms with Crippen molar-refractivity contribution in [1.29, 1.82) is 0 Å². The number of pyridine rings is 1. The maximum atomic E-state index is 12.7. The summed E-state index contributed by atoms with van der Waals surface area (Å²) in [5, 5.41) is 19.7. The molecule has 2 saturated carbocycles. The molecule has 0 radical (unpaired) electrons. The van der Waals surface area contributed by atoms with Gasteiger partial charge in [-0.25, -0.2) is 9.97 Å². The zero-order valence-corrected chi connectivity index (χ0v) is 17.9. The Morgan fingerprint density at radius 1 is 1.30 bits per heavy atom. The van der Waals surface area contributed by atoms with Crippen molar-refractivity contribution in [1.82, 2.24) is 35.3 Å². The lowest BCUT2D eigenvalue weighted by molar-refractivity contribution is -0.117. The predicted molar refractivity (Wildman–Crippen MR) is 118 cm³/mol. The van der Waals surface area contributed by atoms with Gasteiger partial charge in [0, 0.05) is 36.3 Å². The molecule has 2 aliphatic rings. The van der Waals surface area contributed by atoms with Crippen molar-refractivity contribution < 1.29 is 18.4 Å². The summed E-state index contributed by atoms with van der Waals surface area (Å²) in [5.74, 6) is -0.235. The number of rotatable bonds is 7. The second kappa shape index (κ2) is 7.80. The first-order valence-electron chi connectivity index (χ1n) is 11.8. The molecule has 0 bridgehead atoms. The second-order valence-electron chi connectivity index (χ2n) is 8.16. The number of carbonyl (C=O) groups excluding carboxylic acids is 2. The highest BCUT2D eigenvalue weighted by atomic mass is 16.5. The molecule has 3 aromatic rings. The van der Waals surface area contributed by atoms with Gasteiger partial charge in [-0.05, 0) is 30.7 Å². The SMILES string of the molecule is [2H]C([2H])([2H])NC(=O)c1nnc(NC(=O)C2CC23CC3)cc1Nc1nccc(-c2ncn(C)n2)c1OC. The molecule has 33 heavy (non-hydrogen) atoms. The largest absolute Gasteiger partial charge is 0.492 e. The molecule has 0 saturated heterocycles. The van der Waals surface area contributed by atoms with Crippen molar-refractivity contribution in [3.63, 3.8) is 0 Å². The Kier molecular flexibility index (Phi) is 4.13. The van der Waals surface area contributed by atoms with E-state index in [9.17, 15) is 9.59 Å². The Bertz CT molecular complexity index is 1350. The van der Waals surface area contributed by atoms with Crippen LogP contribution in [0.4, 0.5) is 17.3 Å². The number of nitrogens with zero attached hydrogens (tertiary/aromatic N) is 6. The highest BCUT2D eigenvalue weighted by molar-refractivity contribution is 6.00. The quantitative estimate of drug-likeness (QED) is 0.485. The van der Waals surface area contributed by atoms with Gasteiger partial charge in [0.25, 0.3) is 5.91 Å². The van der Waals surface area contributed by atoms with E-state index in [2.05, 4.69) is 35.9 Å². The fraction of sp³-hybridized carbons (Fsp3) is 0.381. The third kappa shape index (κ3) is 3.83. The van der Waals surface area contributed by atoms with Gasteiger partial charge in [0.15, 0.2) is 28.9 Å². The van der Waals surface area contributed by atoms with Gasteiger partial charge in [-0.1, -0.05) is 0 Å². The topological polar surface area (TPSA) is 149 Å². The minimum absolute atomic E-state index is 0.0569. The van der Waals surface area contributed by atoms with Crippen LogP contribution in [0.2, 0.25) is 0 Å². The van der Waals surface area contributed by atoms with Crippen LogP contribution in [0.3, 0.4) is 0 Å². The molecule has 2 fully saturated rings. The van der Waals surface area contributed by atoms with Crippen LogP contribution in [0.1, 0.15) is 33.9 Å². The van der Waals surface area contributed by atoms with E-state index in [0.717, 1.165) is 19.3 Å². The zero-order chi connectivity index (χ0) is 25.7. The Morgan fingerprint density at radius 3 is 2.82 bits per heavy atom. The van der Waals surface area contributed by atoms with Gasteiger partial charge in [-0.2, -0.15) is 5.10 Å². The minimum Gasteiger partial charge on any atom is -0.492 e. The zero-order valence-electron chi connectivity index (χ0n) is 20.9. The van der Waals surface area contributed by atoms with Crippen LogP contribution < -0.4 is 20.7 Å². The molecule has 2 aliphatic carbocycles. The number of aryl methyl sites for hydroxylation is 1. The first-order chi connectivity index (χ1) is 17.1. The number of methoxy groups -OCH3 is 1. The van der Waals surface area contributed by atoms with Crippen LogP contribution in [-0.2, 0) is 11.8 Å². The lowest BCUT2D eigenvalue weighted by Crippen LogP contribution is -2.23. The summed E-state index contributed by atoms with van der Waals surface area (Å²) in [6, 6.07) is 3.06. The van der Waals surface area contributed by atoms with E-state index in [1.165, 1.54) is 30.4 Å². The molecule has 1 unspecified atom stereocenters. The summed E-state index contributed by atoms with van der Waals surface area (Å²) in [6.45, 7) is -2.74. The van der Waals surface area contributed by atoms with Crippen molar-refractivity contribution >= 4 is 29.1 Å². The Balaban J connectivity index is 1.48. The number of hydrogen-bond donors (Lipinski definition) is 3. The Hall–Kier alpha value is -4.09. The number of hydrogen-bond acceptors (Lipinski definition) is 9. The van der Waals surface area contributed by atoms with Crippen LogP contribution in [0, 0.1) is 11.3 Å². The molecule has 170 valence electrons. The van der Waals surface area contributed by atoms with Crippen LogP contribution in [-0.4, -0.2) is 55.8 Å². The summed E-state index contributed by atoms with van der Waals surface area (Å²) in [5.41, 5.74) is 0.438. The summed E-state index contributed by atoms with van der Waals surface area (Å²) in [7, 11) is 3.17. The maximum Gasteiger partial charge on any atom is 0.273 e. The molecule has 0 aliphatic heterocycles. The van der Waals surface area contributed by atoms with Crippen molar-refractivity contribution in [3.05, 3.63) is 30.4 Å². The van der Waals surface area contributed by atoms with Crippen molar-refractivity contribution in [2.24, 2.45) is 18.4 Å². The molecule has 12 heteroatoms. The lowest BCUT2D eigenvalue weighted by Gasteiger charge is -2.15. The van der Waals surface area contributed by atoms with Crippen molar-refractivity contribution in [2.75, 3.05) is 24.7 Å². The monoisotopic (exact) mass is 452 g/mol. The van der Waals surface area contributed by atoms with Crippen molar-refractivity contribution in [2.45, 2.75) is 19.3 Å². The first-order valence-corrected chi connectivity index (χ1v) is 10.3. The standard InChI is InChI=1S/C21H23N9O3/c1-22-20(32)15-13(8-14(27-28-15)26-19(31)12-9-21(12)5-6-21)25-18-16(33-3)11(4-7-23-18)17-24-10-30(2)29-17/h4,7-8,10,12H,5-6,9H2,1-3H3,(H,22,32)(H2,23,25,26,27,31)/i1D3. The van der Waals surface area contributed by atoms with Crippen LogP contribution >= 0.6 is 0 Å². The van der Waals surface area contributed by atoms with Crippen molar-refractivity contribution in [3.8, 4) is 17.1 Å². The van der Waals surface area contributed by atoms with E-state index in [0.29, 0.717) is 11.4 Å². The third-order valence-corrected chi connectivity index (χ3v) is 5.97. The molecule has 2 amide bonds. The number of nitrogens with one attached hydrogen (secondary N) is 3. The number of amides is 2. The molecule has 1 spiro atoms. The van der Waals surface area contributed by atoms with Gasteiger partial charge in [-0.15, -0.1) is 10.2 Å². The van der Waals surface area contributed by atoms with Crippen LogP contribution in [0.5, 0.6) is 5.75 Å². The lowest BCUT2D eigenvalue weighted by atomic mass is 10.2. The molecular formula is C21H23N9O3. The number of carbonyl (C=O) groups is 2. The van der Waals surface area contributed by atoms with Crippen LogP contribution in [0.25, 0.3) is 11.4 Å². The Labute approximate surface area is 193 Å². The highest BCUT2D eigenvalue weighted by Gasteiger charge is 2.65. The summed E-state index contributed by atoms with van der Waals surface area (Å²) in [4.78, 5) is 33.8. The first kappa shape index (κ1) is 17.5. The average molecular weight is 452 g/mol. The summed E-state index contributed by atoms with van der Waals surface area (Å²) >= 11 is 0. The van der Waals surface area contributed by atoms with Gasteiger partial charge in [0.1, 0.15) is 6.33 Å². The van der Waals surface area contributed by atoms with E-state index in [1.807, 2.05) is 5.32 Å². The molecule has 3 aromatic heterocycles. The second-order valence-corrected chi connectivity index (χ2v) is 8.16. The van der Waals surface area contributed by atoms with Gasteiger partial charge < -0.3 is 20.7 Å². The Morgan fingerprint density at radius 2 is 2.15 bits per heavy atom. The van der Waals surface area contributed by atoms with Crippen LogP contribution in [0.15, 0.2) is 24.7 Å². The van der Waals surface area contributed by atoms with Gasteiger partial charge >= 0.3 is 0 Å². The third-order valence-electron chi connectivity index (χ3n) is 5.97. The smallest absolute Gasteiger partial charge is 0.273 e. The fourth-order valence-electron chi connectivity index (χ4n) is 3.93. The average Bonchev–Trinajstić information content (AvgIpc) is 3.71. The van der Waals surface area contributed by atoms with E-state index in [-0.39, 0.29) is 46.0 Å². The molecule has 3 N–H and O–H groups in total. The maximum absolute atomic E-state index is 12.7. The molecule has 1 atom stereocenters. The van der Waals surface area contributed by atoms with E-state index < -0.39 is 12.9 Å². The van der Waals surface area contributed by atoms with Gasteiger partial charge in [0.2, 0.25) is 5.91 Å². The summed E-state index contributed by atoms with van der Waals surface area (Å²) in [6.07, 6.45) is 5.98. The van der Waals surface area contributed by atoms with Gasteiger partial charge in [-0.3, -0.25) is 14.3 Å². The molecular weight excluding hydrogens is 426 g/mol. The summed E-state index contributed by atoms with van der Waals surface area (Å²) < 4.78 is 29.1.